The summed E-state index contributed by atoms with van der Waals surface area (Å²) in [6.07, 6.45) is 11.7. The van der Waals surface area contributed by atoms with E-state index < -0.39 is 0 Å². The molecule has 0 aromatic carbocycles. The lowest BCUT2D eigenvalue weighted by molar-refractivity contribution is 0.334. The van der Waals surface area contributed by atoms with E-state index in [4.69, 9.17) is 4.74 Å². The van der Waals surface area contributed by atoms with Crippen LogP contribution in [0, 0.1) is 0 Å². The summed E-state index contributed by atoms with van der Waals surface area (Å²) in [6.45, 7) is 7.85. The summed E-state index contributed by atoms with van der Waals surface area (Å²) in [4.78, 5) is 0. The van der Waals surface area contributed by atoms with Crippen LogP contribution in [-0.4, -0.2) is 0 Å². The molecule has 0 aromatic heterocycles. The average molecular weight is 178 g/mol. The molecule has 0 amide bonds. The van der Waals surface area contributed by atoms with Gasteiger partial charge in [-0.15, -0.1) is 0 Å². The third-order valence-corrected chi connectivity index (χ3v) is 1.47. The van der Waals surface area contributed by atoms with Crippen LogP contribution in [0.3, 0.4) is 0 Å². The normalized spacial score (nSPS) is 14.5. The largest absolute Gasteiger partial charge is 0.458 e. The fourth-order valence-electron chi connectivity index (χ4n) is 0.843. The van der Waals surface area contributed by atoms with Gasteiger partial charge in [0.05, 0.1) is 0 Å². The Kier molecular flexibility index (Phi) is 6.70. The van der Waals surface area contributed by atoms with Crippen molar-refractivity contribution in [2.45, 2.75) is 27.7 Å². The molecule has 0 aliphatic rings. The first-order valence-electron chi connectivity index (χ1n) is 4.54. The highest BCUT2D eigenvalue weighted by Crippen LogP contribution is 2.09. The fourth-order valence-corrected chi connectivity index (χ4v) is 0.843. The van der Waals surface area contributed by atoms with Crippen LogP contribution in [0.2, 0.25) is 0 Å². The van der Waals surface area contributed by atoms with Crippen molar-refractivity contribution in [3.63, 3.8) is 0 Å². The summed E-state index contributed by atoms with van der Waals surface area (Å²) < 4.78 is 5.58. The highest BCUT2D eigenvalue weighted by molar-refractivity contribution is 5.18. The Balaban J connectivity index is 4.39. The summed E-state index contributed by atoms with van der Waals surface area (Å²) in [5, 5.41) is 0. The summed E-state index contributed by atoms with van der Waals surface area (Å²) in [5.41, 5.74) is 0. The summed E-state index contributed by atoms with van der Waals surface area (Å²) in [7, 11) is 0. The Hall–Kier alpha value is -1.24. The smallest absolute Gasteiger partial charge is 0.122 e. The zero-order chi connectivity index (χ0) is 10.1. The lowest BCUT2D eigenvalue weighted by Gasteiger charge is -2.05. The summed E-state index contributed by atoms with van der Waals surface area (Å²) in [5.74, 6) is 1.74. The molecule has 0 aromatic rings. The molecule has 72 valence electrons. The molecule has 1 nitrogen and oxygen atoms in total. The average Bonchev–Trinajstić information content (AvgIpc) is 2.16. The Labute approximate surface area is 81.1 Å². The van der Waals surface area contributed by atoms with E-state index in [9.17, 15) is 0 Å². The van der Waals surface area contributed by atoms with Gasteiger partial charge in [-0.3, -0.25) is 0 Å². The van der Waals surface area contributed by atoms with Crippen molar-refractivity contribution >= 4 is 0 Å². The number of hydrogen-bond acceptors (Lipinski definition) is 1. The van der Waals surface area contributed by atoms with E-state index in [1.807, 2.05) is 64.2 Å². The molecule has 0 radical (unpaired) electrons. The van der Waals surface area contributed by atoms with Crippen molar-refractivity contribution in [1.82, 2.24) is 0 Å². The first kappa shape index (κ1) is 11.8. The number of hydrogen-bond donors (Lipinski definition) is 0. The molecular weight excluding hydrogens is 160 g/mol. The molecule has 0 atom stereocenters. The van der Waals surface area contributed by atoms with Gasteiger partial charge in [0.15, 0.2) is 0 Å². The zero-order valence-corrected chi connectivity index (χ0v) is 8.87. The van der Waals surface area contributed by atoms with Crippen molar-refractivity contribution in [2.75, 3.05) is 0 Å². The van der Waals surface area contributed by atoms with E-state index >= 15 is 0 Å². The predicted molar refractivity (Wildman–Crippen MR) is 58.2 cm³/mol. The van der Waals surface area contributed by atoms with Crippen LogP contribution in [0.4, 0.5) is 0 Å². The maximum absolute atomic E-state index is 5.58. The first-order valence-corrected chi connectivity index (χ1v) is 4.54. The van der Waals surface area contributed by atoms with E-state index in [1.165, 1.54) is 0 Å². The van der Waals surface area contributed by atoms with Crippen molar-refractivity contribution in [2.24, 2.45) is 0 Å². The van der Waals surface area contributed by atoms with Crippen LogP contribution >= 0.6 is 0 Å². The van der Waals surface area contributed by atoms with Crippen LogP contribution in [0.25, 0.3) is 0 Å². The molecule has 0 aliphatic heterocycles. The van der Waals surface area contributed by atoms with Gasteiger partial charge in [-0.1, -0.05) is 12.2 Å². The lowest BCUT2D eigenvalue weighted by atomic mass is 10.3. The van der Waals surface area contributed by atoms with E-state index in [1.54, 1.807) is 0 Å². The van der Waals surface area contributed by atoms with Crippen molar-refractivity contribution in [1.29, 1.82) is 0 Å². The first-order chi connectivity index (χ1) is 6.28. The van der Waals surface area contributed by atoms with E-state index in [0.717, 1.165) is 11.5 Å². The second-order valence-electron chi connectivity index (χ2n) is 2.48. The third kappa shape index (κ3) is 5.07. The molecule has 1 heteroatoms. The Morgan fingerprint density at radius 1 is 0.769 bits per heavy atom. The number of rotatable bonds is 4. The Bertz CT molecular complexity index is 216. The van der Waals surface area contributed by atoms with E-state index in [2.05, 4.69) is 0 Å². The monoisotopic (exact) mass is 178 g/mol. The summed E-state index contributed by atoms with van der Waals surface area (Å²) >= 11 is 0. The fraction of sp³-hybridized carbons (Fsp3) is 0.333. The SMILES string of the molecule is C/C=C\C(=C/C)OC(/C=C\C)=C/C. The van der Waals surface area contributed by atoms with Crippen LogP contribution in [0.1, 0.15) is 27.7 Å². The van der Waals surface area contributed by atoms with E-state index in [0.29, 0.717) is 0 Å². The van der Waals surface area contributed by atoms with Gasteiger partial charge in [0, 0.05) is 0 Å². The van der Waals surface area contributed by atoms with Crippen molar-refractivity contribution in [3.05, 3.63) is 48.0 Å². The number of allylic oxidation sites excluding steroid dienone is 6. The Morgan fingerprint density at radius 2 is 1.15 bits per heavy atom. The van der Waals surface area contributed by atoms with Crippen LogP contribution in [0.15, 0.2) is 48.0 Å². The molecule has 0 saturated heterocycles. The van der Waals surface area contributed by atoms with Gasteiger partial charge in [0.25, 0.3) is 0 Å². The van der Waals surface area contributed by atoms with Gasteiger partial charge in [-0.2, -0.15) is 0 Å². The maximum Gasteiger partial charge on any atom is 0.122 e. The lowest BCUT2D eigenvalue weighted by Crippen LogP contribution is -1.87. The molecule has 0 rings (SSSR count). The molecule has 0 saturated carbocycles. The maximum atomic E-state index is 5.58. The zero-order valence-electron chi connectivity index (χ0n) is 8.87. The molecule has 0 aliphatic carbocycles. The topological polar surface area (TPSA) is 9.23 Å². The van der Waals surface area contributed by atoms with Crippen LogP contribution < -0.4 is 0 Å². The van der Waals surface area contributed by atoms with Gasteiger partial charge in [-0.25, -0.2) is 0 Å². The van der Waals surface area contributed by atoms with Crippen LogP contribution in [0.5, 0.6) is 0 Å². The number of ether oxygens (including phenoxy) is 1. The highest BCUT2D eigenvalue weighted by Gasteiger charge is 1.93. The van der Waals surface area contributed by atoms with Gasteiger partial charge in [0.2, 0.25) is 0 Å². The molecule has 0 spiro atoms. The molecule has 13 heavy (non-hydrogen) atoms. The van der Waals surface area contributed by atoms with E-state index in [-0.39, 0.29) is 0 Å². The minimum absolute atomic E-state index is 0.869. The highest BCUT2D eigenvalue weighted by atomic mass is 16.5. The third-order valence-electron chi connectivity index (χ3n) is 1.47. The molecule has 0 fully saturated rings. The van der Waals surface area contributed by atoms with Gasteiger partial charge in [-0.05, 0) is 52.0 Å². The van der Waals surface area contributed by atoms with Gasteiger partial charge in [0.1, 0.15) is 11.5 Å². The van der Waals surface area contributed by atoms with Gasteiger partial charge >= 0.3 is 0 Å². The second-order valence-corrected chi connectivity index (χ2v) is 2.48. The molecule has 0 N–H and O–H groups in total. The standard InChI is InChI=1S/C12H18O/c1-5-9-11(7-3)13-12(8-4)10-6-2/h5-10H,1-4H3/b9-5-,10-6-,11-7+,12-8+. The quantitative estimate of drug-likeness (QED) is 0.467. The van der Waals surface area contributed by atoms with Crippen LogP contribution in [-0.2, 0) is 4.74 Å². The summed E-state index contributed by atoms with van der Waals surface area (Å²) in [6, 6.07) is 0. The minimum atomic E-state index is 0.869. The molecule has 0 heterocycles. The second kappa shape index (κ2) is 7.41. The molecular formula is C12H18O. The molecule has 0 bridgehead atoms. The predicted octanol–water partition coefficient (Wildman–Crippen LogP) is 3.96. The van der Waals surface area contributed by atoms with Crippen molar-refractivity contribution < 1.29 is 4.74 Å². The molecule has 0 unspecified atom stereocenters. The Morgan fingerprint density at radius 3 is 1.38 bits per heavy atom. The van der Waals surface area contributed by atoms with Crippen molar-refractivity contribution in [3.8, 4) is 0 Å². The minimum Gasteiger partial charge on any atom is -0.458 e. The van der Waals surface area contributed by atoms with Gasteiger partial charge < -0.3 is 4.74 Å².